The molecule has 2 saturated heterocycles. The van der Waals surface area contributed by atoms with Crippen LogP contribution in [0.4, 0.5) is 13.2 Å². The Labute approximate surface area is 157 Å². The first-order valence-corrected chi connectivity index (χ1v) is 9.15. The molecule has 1 unspecified atom stereocenters. The van der Waals surface area contributed by atoms with Gasteiger partial charge in [0.25, 0.3) is 0 Å². The van der Waals surface area contributed by atoms with Gasteiger partial charge in [0.15, 0.2) is 5.96 Å². The summed E-state index contributed by atoms with van der Waals surface area (Å²) >= 11 is 0. The summed E-state index contributed by atoms with van der Waals surface area (Å²) in [5.41, 5.74) is 2.03. The molecule has 2 aliphatic rings. The second kappa shape index (κ2) is 8.48. The predicted molar refractivity (Wildman–Crippen MR) is 96.4 cm³/mol. The number of nitrogens with one attached hydrogen (secondary N) is 1. The van der Waals surface area contributed by atoms with E-state index < -0.39 is 12.8 Å². The molecule has 2 heterocycles. The van der Waals surface area contributed by atoms with E-state index in [1.807, 2.05) is 12.1 Å². The lowest BCUT2D eigenvalue weighted by molar-refractivity contribution is -0.176. The van der Waals surface area contributed by atoms with Crippen LogP contribution in [0.1, 0.15) is 24.0 Å². The van der Waals surface area contributed by atoms with E-state index in [2.05, 4.69) is 19.9 Å². The minimum Gasteiger partial charge on any atom is -0.381 e. The zero-order valence-electron chi connectivity index (χ0n) is 15.5. The van der Waals surface area contributed by atoms with Crippen LogP contribution in [-0.4, -0.2) is 57.0 Å². The van der Waals surface area contributed by atoms with E-state index in [1.54, 1.807) is 19.2 Å². The molecule has 8 heteroatoms. The second-order valence-electron chi connectivity index (χ2n) is 7.30. The zero-order valence-corrected chi connectivity index (χ0v) is 15.5. The first-order valence-electron chi connectivity index (χ1n) is 9.15. The molecule has 1 aromatic carbocycles. The molecule has 2 fully saturated rings. The largest absolute Gasteiger partial charge is 0.411 e. The summed E-state index contributed by atoms with van der Waals surface area (Å²) in [5.74, 6) is 0.872. The van der Waals surface area contributed by atoms with Crippen LogP contribution >= 0.6 is 0 Å². The van der Waals surface area contributed by atoms with Crippen molar-refractivity contribution in [3.63, 3.8) is 0 Å². The van der Waals surface area contributed by atoms with Gasteiger partial charge in [0.2, 0.25) is 0 Å². The summed E-state index contributed by atoms with van der Waals surface area (Å²) in [4.78, 5) is 6.66. The van der Waals surface area contributed by atoms with Crippen molar-refractivity contribution in [2.75, 3.05) is 40.0 Å². The number of rotatable bonds is 5. The maximum absolute atomic E-state index is 12.1. The summed E-state index contributed by atoms with van der Waals surface area (Å²) < 4.78 is 46.6. The van der Waals surface area contributed by atoms with E-state index in [-0.39, 0.29) is 12.0 Å². The van der Waals surface area contributed by atoms with Crippen LogP contribution in [0.15, 0.2) is 29.3 Å². The number of likely N-dealkylation sites (tertiary alicyclic amines) is 1. The number of aliphatic imine (C=N–C) groups is 1. The van der Waals surface area contributed by atoms with E-state index in [9.17, 15) is 13.2 Å². The third kappa shape index (κ3) is 5.59. The molecule has 2 aliphatic heterocycles. The SMILES string of the molecule is CN=C(NCc1ccc(COCC(F)(F)F)cc1)N1CCC2(CCOC2)C1. The van der Waals surface area contributed by atoms with Gasteiger partial charge in [0, 0.05) is 38.7 Å². The molecule has 0 bridgehead atoms. The highest BCUT2D eigenvalue weighted by atomic mass is 19.4. The molecular weight excluding hydrogens is 359 g/mol. The fourth-order valence-corrected chi connectivity index (χ4v) is 3.64. The zero-order chi connectivity index (χ0) is 19.3. The monoisotopic (exact) mass is 385 g/mol. The molecule has 1 aromatic rings. The van der Waals surface area contributed by atoms with Crippen LogP contribution in [0.25, 0.3) is 0 Å². The smallest absolute Gasteiger partial charge is 0.381 e. The lowest BCUT2D eigenvalue weighted by Crippen LogP contribution is -2.41. The molecule has 0 amide bonds. The van der Waals surface area contributed by atoms with Gasteiger partial charge in [-0.3, -0.25) is 4.99 Å². The molecule has 0 aromatic heterocycles. The number of hydrogen-bond acceptors (Lipinski definition) is 3. The Morgan fingerprint density at radius 1 is 1.26 bits per heavy atom. The Morgan fingerprint density at radius 2 is 2.00 bits per heavy atom. The van der Waals surface area contributed by atoms with Crippen LogP contribution in [-0.2, 0) is 22.6 Å². The number of alkyl halides is 3. The highest BCUT2D eigenvalue weighted by Gasteiger charge is 2.42. The van der Waals surface area contributed by atoms with E-state index >= 15 is 0 Å². The number of hydrogen-bond donors (Lipinski definition) is 1. The molecule has 0 aliphatic carbocycles. The molecule has 0 radical (unpaired) electrons. The van der Waals surface area contributed by atoms with Crippen LogP contribution < -0.4 is 5.32 Å². The summed E-state index contributed by atoms with van der Waals surface area (Å²) in [6.45, 7) is 2.94. The standard InChI is InChI=1S/C19H26F3N3O2/c1-23-17(25-8-6-18(12-25)7-9-26-13-18)24-10-15-2-4-16(5-3-15)11-27-14-19(20,21)22/h2-5H,6-14H2,1H3,(H,23,24). The third-order valence-electron chi connectivity index (χ3n) is 5.14. The Morgan fingerprint density at radius 3 is 2.63 bits per heavy atom. The van der Waals surface area contributed by atoms with Crippen molar-refractivity contribution in [1.82, 2.24) is 10.2 Å². The van der Waals surface area contributed by atoms with Crippen molar-refractivity contribution >= 4 is 5.96 Å². The fourth-order valence-electron chi connectivity index (χ4n) is 3.64. The summed E-state index contributed by atoms with van der Waals surface area (Å²) in [6.07, 6.45) is -2.06. The summed E-state index contributed by atoms with van der Waals surface area (Å²) in [6, 6.07) is 7.36. The van der Waals surface area contributed by atoms with Gasteiger partial charge in [-0.1, -0.05) is 24.3 Å². The average Bonchev–Trinajstić information content (AvgIpc) is 3.26. The number of benzene rings is 1. The van der Waals surface area contributed by atoms with Gasteiger partial charge >= 0.3 is 6.18 Å². The minimum atomic E-state index is -4.29. The molecular formula is C19H26F3N3O2. The first-order chi connectivity index (χ1) is 12.9. The lowest BCUT2D eigenvalue weighted by atomic mass is 9.87. The van der Waals surface area contributed by atoms with Gasteiger partial charge in [-0.05, 0) is 24.0 Å². The number of halogens is 3. The van der Waals surface area contributed by atoms with E-state index in [4.69, 9.17) is 4.74 Å². The van der Waals surface area contributed by atoms with Crippen molar-refractivity contribution in [2.24, 2.45) is 10.4 Å². The Bertz CT molecular complexity index is 641. The van der Waals surface area contributed by atoms with Gasteiger partial charge in [0.1, 0.15) is 6.61 Å². The highest BCUT2D eigenvalue weighted by molar-refractivity contribution is 5.80. The number of guanidine groups is 1. The van der Waals surface area contributed by atoms with Crippen LogP contribution in [0, 0.1) is 5.41 Å². The second-order valence-corrected chi connectivity index (χ2v) is 7.30. The lowest BCUT2D eigenvalue weighted by Gasteiger charge is -2.25. The molecule has 0 saturated carbocycles. The maximum Gasteiger partial charge on any atom is 0.411 e. The molecule has 1 spiro atoms. The number of nitrogens with zero attached hydrogens (tertiary/aromatic N) is 2. The van der Waals surface area contributed by atoms with Crippen LogP contribution in [0.5, 0.6) is 0 Å². The summed E-state index contributed by atoms with van der Waals surface area (Å²) in [5, 5.41) is 3.37. The molecule has 5 nitrogen and oxygen atoms in total. The predicted octanol–water partition coefficient (Wildman–Crippen LogP) is 2.95. The van der Waals surface area contributed by atoms with Crippen molar-refractivity contribution in [3.05, 3.63) is 35.4 Å². The maximum atomic E-state index is 12.1. The molecule has 1 atom stereocenters. The molecule has 27 heavy (non-hydrogen) atoms. The van der Waals surface area contributed by atoms with E-state index in [0.717, 1.165) is 56.2 Å². The quantitative estimate of drug-likeness (QED) is 0.625. The third-order valence-corrected chi connectivity index (χ3v) is 5.14. The Hall–Kier alpha value is -1.80. The van der Waals surface area contributed by atoms with Crippen molar-refractivity contribution in [2.45, 2.75) is 32.2 Å². The van der Waals surface area contributed by atoms with E-state index in [0.29, 0.717) is 6.54 Å². The Balaban J connectivity index is 1.46. The first kappa shape index (κ1) is 19.9. The van der Waals surface area contributed by atoms with Gasteiger partial charge in [-0.25, -0.2) is 0 Å². The highest BCUT2D eigenvalue weighted by Crippen LogP contribution is 2.38. The normalized spacial score (nSPS) is 23.4. The molecule has 1 N–H and O–H groups in total. The fraction of sp³-hybridized carbons (Fsp3) is 0.632. The minimum absolute atomic E-state index is 0.0488. The van der Waals surface area contributed by atoms with Gasteiger partial charge < -0.3 is 19.7 Å². The van der Waals surface area contributed by atoms with E-state index in [1.165, 1.54) is 0 Å². The van der Waals surface area contributed by atoms with Crippen molar-refractivity contribution < 1.29 is 22.6 Å². The number of ether oxygens (including phenoxy) is 2. The van der Waals surface area contributed by atoms with Crippen LogP contribution in [0.3, 0.4) is 0 Å². The Kier molecular flexibility index (Phi) is 6.26. The van der Waals surface area contributed by atoms with Crippen molar-refractivity contribution in [3.8, 4) is 0 Å². The molecule has 3 rings (SSSR count). The van der Waals surface area contributed by atoms with Gasteiger partial charge in [-0.15, -0.1) is 0 Å². The van der Waals surface area contributed by atoms with Crippen LogP contribution in [0.2, 0.25) is 0 Å². The molecule has 150 valence electrons. The van der Waals surface area contributed by atoms with Gasteiger partial charge in [-0.2, -0.15) is 13.2 Å². The van der Waals surface area contributed by atoms with Gasteiger partial charge in [0.05, 0.1) is 13.2 Å². The summed E-state index contributed by atoms with van der Waals surface area (Å²) in [7, 11) is 1.78. The topological polar surface area (TPSA) is 46.1 Å². The average molecular weight is 385 g/mol. The van der Waals surface area contributed by atoms with Crippen molar-refractivity contribution in [1.29, 1.82) is 0 Å².